The van der Waals surface area contributed by atoms with E-state index in [4.69, 9.17) is 23.7 Å². The Bertz CT molecular complexity index is 1380. The summed E-state index contributed by atoms with van der Waals surface area (Å²) in [5.74, 6) is 1.82. The van der Waals surface area contributed by atoms with Crippen molar-refractivity contribution in [3.05, 3.63) is 69.9 Å². The number of esters is 1. The molecule has 0 radical (unpaired) electrons. The van der Waals surface area contributed by atoms with Gasteiger partial charge in [0.2, 0.25) is 12.7 Å². The SMILES string of the molecule is COC(=O)C1=C(C)N=C2SC=C(CC(=O)NCc3ccc4c(c3)OCO4)N2[C@@H]1c1cc(OC)ccc1OC. The minimum absolute atomic E-state index is 0.0762. The van der Waals surface area contributed by atoms with E-state index in [1.165, 1.54) is 18.9 Å². The molecule has 0 bridgehead atoms. The van der Waals surface area contributed by atoms with Gasteiger partial charge in [0.1, 0.15) is 11.5 Å². The molecule has 38 heavy (non-hydrogen) atoms. The highest BCUT2D eigenvalue weighted by molar-refractivity contribution is 8.16. The molecule has 0 saturated heterocycles. The van der Waals surface area contributed by atoms with Gasteiger partial charge in [-0.3, -0.25) is 4.79 Å². The molecule has 0 spiro atoms. The third-order valence-corrected chi connectivity index (χ3v) is 7.29. The molecule has 1 N–H and O–H groups in total. The first-order valence-corrected chi connectivity index (χ1v) is 12.7. The van der Waals surface area contributed by atoms with Crippen molar-refractivity contribution in [3.8, 4) is 23.0 Å². The number of carbonyl (C=O) groups excluding carboxylic acids is 2. The Morgan fingerprint density at radius 3 is 2.68 bits per heavy atom. The fourth-order valence-corrected chi connectivity index (χ4v) is 5.53. The van der Waals surface area contributed by atoms with Crippen LogP contribution in [0.25, 0.3) is 0 Å². The second-order valence-corrected chi connectivity index (χ2v) is 9.47. The number of rotatable bonds is 8. The van der Waals surface area contributed by atoms with Crippen molar-refractivity contribution in [1.29, 1.82) is 0 Å². The Labute approximate surface area is 224 Å². The van der Waals surface area contributed by atoms with Crippen molar-refractivity contribution in [3.63, 3.8) is 0 Å². The van der Waals surface area contributed by atoms with Gasteiger partial charge in [0, 0.05) is 17.8 Å². The molecule has 10 nitrogen and oxygen atoms in total. The van der Waals surface area contributed by atoms with E-state index < -0.39 is 12.0 Å². The number of nitrogens with zero attached hydrogens (tertiary/aromatic N) is 2. The number of allylic oxidation sites excluding steroid dienone is 1. The molecule has 2 aromatic carbocycles. The van der Waals surface area contributed by atoms with E-state index in [-0.39, 0.29) is 19.1 Å². The minimum atomic E-state index is -0.636. The Morgan fingerprint density at radius 1 is 1.11 bits per heavy atom. The lowest BCUT2D eigenvalue weighted by atomic mass is 9.93. The minimum Gasteiger partial charge on any atom is -0.497 e. The molecule has 3 aliphatic rings. The molecule has 3 heterocycles. The summed E-state index contributed by atoms with van der Waals surface area (Å²) in [6.07, 6.45) is 0.0762. The molecule has 5 rings (SSSR count). The van der Waals surface area contributed by atoms with Crippen LogP contribution >= 0.6 is 11.8 Å². The second-order valence-electron chi connectivity index (χ2n) is 8.63. The molecular weight excluding hydrogens is 510 g/mol. The maximum Gasteiger partial charge on any atom is 0.338 e. The van der Waals surface area contributed by atoms with Crippen molar-refractivity contribution in [2.24, 2.45) is 4.99 Å². The van der Waals surface area contributed by atoms with E-state index in [2.05, 4.69) is 10.3 Å². The van der Waals surface area contributed by atoms with Crippen molar-refractivity contribution >= 4 is 28.8 Å². The first kappa shape index (κ1) is 25.5. The molecule has 3 aliphatic heterocycles. The van der Waals surface area contributed by atoms with Crippen molar-refractivity contribution in [2.45, 2.75) is 25.9 Å². The van der Waals surface area contributed by atoms with E-state index in [0.717, 1.165) is 5.56 Å². The Hall–Kier alpha value is -4.12. The van der Waals surface area contributed by atoms with E-state index in [0.29, 0.717) is 57.2 Å². The predicted octanol–water partition coefficient (Wildman–Crippen LogP) is 3.89. The highest BCUT2D eigenvalue weighted by atomic mass is 32.2. The van der Waals surface area contributed by atoms with Gasteiger partial charge in [-0.2, -0.15) is 0 Å². The second kappa shape index (κ2) is 10.7. The van der Waals surface area contributed by atoms with E-state index in [1.54, 1.807) is 33.3 Å². The lowest BCUT2D eigenvalue weighted by molar-refractivity contribution is -0.136. The summed E-state index contributed by atoms with van der Waals surface area (Å²) in [5.41, 5.74) is 3.17. The molecule has 11 heteroatoms. The molecule has 0 unspecified atom stereocenters. The van der Waals surface area contributed by atoms with Gasteiger partial charge in [0.15, 0.2) is 16.7 Å². The monoisotopic (exact) mass is 537 g/mol. The number of carbonyl (C=O) groups is 2. The molecule has 2 aromatic rings. The van der Waals surface area contributed by atoms with Gasteiger partial charge >= 0.3 is 5.97 Å². The number of thioether (sulfide) groups is 1. The first-order valence-electron chi connectivity index (χ1n) is 11.8. The van der Waals surface area contributed by atoms with Crippen LogP contribution in [-0.2, 0) is 20.9 Å². The quantitative estimate of drug-likeness (QED) is 0.502. The molecule has 1 atom stereocenters. The molecule has 198 valence electrons. The normalized spacial score (nSPS) is 17.5. The largest absolute Gasteiger partial charge is 0.497 e. The summed E-state index contributed by atoms with van der Waals surface area (Å²) in [7, 11) is 4.47. The zero-order valence-electron chi connectivity index (χ0n) is 21.4. The van der Waals surface area contributed by atoms with E-state index in [9.17, 15) is 9.59 Å². The molecule has 1 amide bonds. The standard InChI is InChI=1S/C27H27N3O7S/c1-15-24(26(32)35-4)25(19-11-18(33-2)6-8-20(19)34-3)30-17(13-38-27(30)29-15)10-23(31)28-12-16-5-7-21-22(9-16)37-14-36-21/h5-9,11,13,25H,10,12,14H2,1-4H3,(H,28,31)/t25-/m1/s1. The number of methoxy groups -OCH3 is 3. The summed E-state index contributed by atoms with van der Waals surface area (Å²) in [4.78, 5) is 32.6. The van der Waals surface area contributed by atoms with Crippen LogP contribution in [0.2, 0.25) is 0 Å². The maximum atomic E-state index is 13.1. The molecule has 0 saturated carbocycles. The van der Waals surface area contributed by atoms with Crippen LogP contribution in [0.15, 0.2) is 63.8 Å². The van der Waals surface area contributed by atoms with Crippen LogP contribution in [0.1, 0.15) is 30.5 Å². The lowest BCUT2D eigenvalue weighted by Gasteiger charge is -2.36. The number of amidine groups is 1. The fraction of sp³-hybridized carbons (Fsp3) is 0.296. The van der Waals surface area contributed by atoms with Crippen LogP contribution in [0.5, 0.6) is 23.0 Å². The van der Waals surface area contributed by atoms with Crippen molar-refractivity contribution < 1.29 is 33.3 Å². The average molecular weight is 538 g/mol. The predicted molar refractivity (Wildman–Crippen MR) is 141 cm³/mol. The highest BCUT2D eigenvalue weighted by Gasteiger charge is 2.42. The van der Waals surface area contributed by atoms with Gasteiger partial charge in [-0.15, -0.1) is 0 Å². The smallest absolute Gasteiger partial charge is 0.338 e. The number of benzene rings is 2. The number of nitrogens with one attached hydrogen (secondary N) is 1. The van der Waals surface area contributed by atoms with Gasteiger partial charge in [-0.05, 0) is 48.2 Å². The summed E-state index contributed by atoms with van der Waals surface area (Å²) in [6, 6.07) is 10.3. The first-order chi connectivity index (χ1) is 18.4. The highest BCUT2D eigenvalue weighted by Crippen LogP contribution is 2.47. The fourth-order valence-electron chi connectivity index (χ4n) is 4.57. The molecule has 0 aliphatic carbocycles. The number of hydrogen-bond donors (Lipinski definition) is 1. The van der Waals surface area contributed by atoms with Crippen molar-refractivity contribution in [2.75, 3.05) is 28.1 Å². The van der Waals surface area contributed by atoms with Gasteiger partial charge in [0.25, 0.3) is 0 Å². The Morgan fingerprint density at radius 2 is 1.92 bits per heavy atom. The van der Waals surface area contributed by atoms with Crippen LogP contribution in [0.3, 0.4) is 0 Å². The third-order valence-electron chi connectivity index (χ3n) is 6.41. The van der Waals surface area contributed by atoms with Crippen LogP contribution in [-0.4, -0.2) is 50.1 Å². The number of aliphatic imine (C=N–C) groups is 1. The zero-order chi connectivity index (χ0) is 26.8. The van der Waals surface area contributed by atoms with Gasteiger partial charge < -0.3 is 33.9 Å². The molecule has 0 aromatic heterocycles. The van der Waals surface area contributed by atoms with E-state index in [1.807, 2.05) is 34.6 Å². The van der Waals surface area contributed by atoms with Gasteiger partial charge in [-0.25, -0.2) is 9.79 Å². The number of ether oxygens (including phenoxy) is 5. The maximum absolute atomic E-state index is 13.1. The van der Waals surface area contributed by atoms with Crippen molar-refractivity contribution in [1.82, 2.24) is 10.2 Å². The third kappa shape index (κ3) is 4.76. The molecular formula is C27H27N3O7S. The number of fused-ring (bicyclic) bond motifs is 2. The topological polar surface area (TPSA) is 108 Å². The van der Waals surface area contributed by atoms with Crippen LogP contribution < -0.4 is 24.3 Å². The summed E-state index contributed by atoms with van der Waals surface area (Å²) in [6.45, 7) is 2.29. The van der Waals surface area contributed by atoms with Gasteiger partial charge in [-0.1, -0.05) is 17.8 Å². The zero-order valence-corrected chi connectivity index (χ0v) is 22.2. The Balaban J connectivity index is 1.42. The van der Waals surface area contributed by atoms with Gasteiger partial charge in [0.05, 0.1) is 45.1 Å². The molecule has 0 fully saturated rings. The summed E-state index contributed by atoms with van der Waals surface area (Å²) in [5, 5.41) is 5.50. The van der Waals surface area contributed by atoms with Crippen LogP contribution in [0.4, 0.5) is 0 Å². The number of amides is 1. The Kier molecular flexibility index (Phi) is 7.19. The average Bonchev–Trinajstić information content (AvgIpc) is 3.56. The summed E-state index contributed by atoms with van der Waals surface area (Å²) >= 11 is 1.40. The lowest BCUT2D eigenvalue weighted by Crippen LogP contribution is -2.38. The van der Waals surface area contributed by atoms with E-state index >= 15 is 0 Å². The van der Waals surface area contributed by atoms with Crippen LogP contribution in [0, 0.1) is 0 Å². The number of hydrogen-bond acceptors (Lipinski definition) is 10. The summed E-state index contributed by atoms with van der Waals surface area (Å²) < 4.78 is 27.0.